The molecule has 14 nitrogen and oxygen atoms in total. The van der Waals surface area contributed by atoms with Gasteiger partial charge in [-0.3, -0.25) is 0 Å². The molecule has 0 aromatic carbocycles. The van der Waals surface area contributed by atoms with E-state index in [2.05, 4.69) is 34.6 Å². The van der Waals surface area contributed by atoms with E-state index in [0.717, 1.165) is 44.9 Å². The van der Waals surface area contributed by atoms with Gasteiger partial charge in [0.05, 0.1) is 43.2 Å². The molecule has 2 spiro atoms. The SMILES string of the molecule is C[C@@H]([C@H]1[C@@H](O)C[C@@]2(C)[C@@H]3CC[C@H]4C(C)(C)[C@@H](O[C@@H]5O[C@H](CO)[C@H](O)[C@H](O)[C@H]5O)CC[C@@]45C[C@@]35CC[C@]12C)[C@H]1C[C@H](O[C@@H]2O[C@H](CO)[C@H](O)[C@H](O)[C@H]2O)C(C)(C)O1. The van der Waals surface area contributed by atoms with E-state index in [1.807, 2.05) is 13.8 Å². The summed E-state index contributed by atoms with van der Waals surface area (Å²) in [5.74, 6) is 0.826. The molecule has 56 heavy (non-hydrogen) atoms. The van der Waals surface area contributed by atoms with E-state index in [1.54, 1.807) is 0 Å². The Morgan fingerprint density at radius 2 is 1.16 bits per heavy atom. The van der Waals surface area contributed by atoms with Crippen molar-refractivity contribution in [3.63, 3.8) is 0 Å². The molecule has 5 saturated carbocycles. The highest BCUT2D eigenvalue weighted by Crippen LogP contribution is 2.89. The average Bonchev–Trinajstić information content (AvgIpc) is 3.63. The molecule has 0 bridgehead atoms. The largest absolute Gasteiger partial charge is 0.394 e. The van der Waals surface area contributed by atoms with Gasteiger partial charge >= 0.3 is 0 Å². The summed E-state index contributed by atoms with van der Waals surface area (Å²) in [5, 5.41) is 94.5. The van der Waals surface area contributed by atoms with E-state index in [1.165, 1.54) is 6.42 Å². The zero-order valence-corrected chi connectivity index (χ0v) is 34.2. The van der Waals surface area contributed by atoms with Crippen molar-refractivity contribution < 1.29 is 69.6 Å². The summed E-state index contributed by atoms with van der Waals surface area (Å²) >= 11 is 0. The summed E-state index contributed by atoms with van der Waals surface area (Å²) in [4.78, 5) is 0. The number of rotatable bonds is 8. The monoisotopic (exact) mass is 798 g/mol. The van der Waals surface area contributed by atoms with Crippen molar-refractivity contribution in [1.29, 1.82) is 0 Å². The predicted octanol–water partition coefficient (Wildman–Crippen LogP) is 0.970. The predicted molar refractivity (Wildman–Crippen MR) is 198 cm³/mol. The van der Waals surface area contributed by atoms with Crippen LogP contribution in [0.5, 0.6) is 0 Å². The van der Waals surface area contributed by atoms with Crippen LogP contribution >= 0.6 is 0 Å². The smallest absolute Gasteiger partial charge is 0.187 e. The van der Waals surface area contributed by atoms with Crippen LogP contribution in [-0.2, 0) is 23.7 Å². The van der Waals surface area contributed by atoms with Crippen molar-refractivity contribution in [2.75, 3.05) is 13.2 Å². The third kappa shape index (κ3) is 5.78. The number of aliphatic hydroxyl groups is 9. The van der Waals surface area contributed by atoms with Gasteiger partial charge in [-0.2, -0.15) is 0 Å². The Balaban J connectivity index is 0.972. The molecule has 0 amide bonds. The zero-order chi connectivity index (χ0) is 40.7. The van der Waals surface area contributed by atoms with E-state index < -0.39 is 92.4 Å². The first-order valence-corrected chi connectivity index (χ1v) is 21.4. The molecule has 14 heteroatoms. The van der Waals surface area contributed by atoms with Crippen molar-refractivity contribution in [1.82, 2.24) is 0 Å². The fraction of sp³-hybridized carbons (Fsp3) is 1.00. The molecule has 322 valence electrons. The van der Waals surface area contributed by atoms with Crippen LogP contribution < -0.4 is 0 Å². The number of hydrogen-bond donors (Lipinski definition) is 9. The summed E-state index contributed by atoms with van der Waals surface area (Å²) in [6.45, 7) is 14.4. The third-order valence-electron chi connectivity index (χ3n) is 18.2. The van der Waals surface area contributed by atoms with Gasteiger partial charge in [0.25, 0.3) is 0 Å². The van der Waals surface area contributed by atoms with E-state index in [0.29, 0.717) is 18.3 Å². The highest BCUT2D eigenvalue weighted by molar-refractivity contribution is 5.31. The zero-order valence-electron chi connectivity index (χ0n) is 34.2. The molecule has 8 aliphatic rings. The lowest BCUT2D eigenvalue weighted by molar-refractivity contribution is -0.326. The molecule has 9 N–H and O–H groups in total. The first-order valence-electron chi connectivity index (χ1n) is 21.4. The van der Waals surface area contributed by atoms with Crippen LogP contribution in [0, 0.1) is 50.7 Å². The Morgan fingerprint density at radius 1 is 0.625 bits per heavy atom. The molecule has 3 saturated heterocycles. The van der Waals surface area contributed by atoms with Crippen LogP contribution in [0.15, 0.2) is 0 Å². The second-order valence-corrected chi connectivity index (χ2v) is 21.2. The van der Waals surface area contributed by atoms with Gasteiger partial charge < -0.3 is 69.6 Å². The fourth-order valence-corrected chi connectivity index (χ4v) is 15.1. The summed E-state index contributed by atoms with van der Waals surface area (Å²) in [7, 11) is 0. The Hall–Kier alpha value is -0.560. The second-order valence-electron chi connectivity index (χ2n) is 21.2. The normalized spacial score (nSPS) is 57.8. The standard InChI is InChI=1S/C42H70O14/c1-19(21-14-27(38(4,5)56-21)55-36-34(51)32(49)30(47)23(17-44)53-36)28-20(45)15-40(7)25-9-8-24-37(2,3)26(54-35-33(50)31(48)29(46)22(16-43)52-35)10-11-41(24)18-42(25,41)13-12-39(28,40)6/h19-36,43-51H,8-18H2,1-7H3/t19-,20+,21-,22-,23-,24+,25+,26+,27+,28+,29+,30+,31+,32+,33-,34-,35+,36+,39-,40+,41-,42+/m1/s1. The molecule has 8 rings (SSSR count). The molecular formula is C42H70O14. The van der Waals surface area contributed by atoms with Gasteiger partial charge in [-0.05, 0) is 116 Å². The van der Waals surface area contributed by atoms with Crippen LogP contribution in [0.4, 0.5) is 0 Å². The van der Waals surface area contributed by atoms with Gasteiger partial charge in [-0.15, -0.1) is 0 Å². The lowest BCUT2D eigenvalue weighted by atomic mass is 9.41. The van der Waals surface area contributed by atoms with Gasteiger partial charge in [0, 0.05) is 6.42 Å². The van der Waals surface area contributed by atoms with Gasteiger partial charge in [0.15, 0.2) is 12.6 Å². The highest BCUT2D eigenvalue weighted by Gasteiger charge is 2.83. The Labute approximate surface area is 330 Å². The average molecular weight is 799 g/mol. The topological polar surface area (TPSA) is 228 Å². The second kappa shape index (κ2) is 14.0. The van der Waals surface area contributed by atoms with Gasteiger partial charge in [0.1, 0.15) is 48.8 Å². The summed E-state index contributed by atoms with van der Waals surface area (Å²) in [6.07, 6.45) is -6.39. The minimum absolute atomic E-state index is 0.00741. The van der Waals surface area contributed by atoms with Crippen molar-refractivity contribution in [3.8, 4) is 0 Å². The Morgan fingerprint density at radius 3 is 1.73 bits per heavy atom. The molecule has 3 aliphatic heterocycles. The van der Waals surface area contributed by atoms with Crippen molar-refractivity contribution in [3.05, 3.63) is 0 Å². The van der Waals surface area contributed by atoms with Gasteiger partial charge in [-0.1, -0.05) is 34.6 Å². The molecule has 0 unspecified atom stereocenters. The molecule has 0 aromatic heterocycles. The third-order valence-corrected chi connectivity index (χ3v) is 18.2. The molecule has 0 radical (unpaired) electrons. The summed E-state index contributed by atoms with van der Waals surface area (Å²) < 4.78 is 31.0. The minimum atomic E-state index is -1.53. The summed E-state index contributed by atoms with van der Waals surface area (Å²) in [5.41, 5.74) is -0.891. The highest BCUT2D eigenvalue weighted by atomic mass is 16.7. The fourth-order valence-electron chi connectivity index (χ4n) is 15.1. The van der Waals surface area contributed by atoms with Crippen LogP contribution in [-0.4, -0.2) is 151 Å². The Kier molecular flexibility index (Phi) is 10.5. The summed E-state index contributed by atoms with van der Waals surface area (Å²) in [6, 6.07) is 0. The van der Waals surface area contributed by atoms with E-state index in [4.69, 9.17) is 23.7 Å². The molecular weight excluding hydrogens is 728 g/mol. The number of aliphatic hydroxyl groups excluding tert-OH is 9. The van der Waals surface area contributed by atoms with E-state index in [9.17, 15) is 46.0 Å². The van der Waals surface area contributed by atoms with Gasteiger partial charge in [0.2, 0.25) is 0 Å². The maximum absolute atomic E-state index is 12.2. The van der Waals surface area contributed by atoms with Gasteiger partial charge in [-0.25, -0.2) is 0 Å². The van der Waals surface area contributed by atoms with Crippen LogP contribution in [0.3, 0.4) is 0 Å². The van der Waals surface area contributed by atoms with Crippen LogP contribution in [0.25, 0.3) is 0 Å². The molecule has 0 aromatic rings. The quantitative estimate of drug-likeness (QED) is 0.156. The number of fused-ring (bicyclic) bond motifs is 2. The maximum atomic E-state index is 12.2. The lowest BCUT2D eigenvalue weighted by Crippen LogP contribution is -2.62. The first kappa shape index (κ1) is 42.1. The van der Waals surface area contributed by atoms with E-state index >= 15 is 0 Å². The van der Waals surface area contributed by atoms with Crippen LogP contribution in [0.1, 0.15) is 106 Å². The van der Waals surface area contributed by atoms with Crippen molar-refractivity contribution in [2.45, 2.75) is 198 Å². The van der Waals surface area contributed by atoms with Crippen molar-refractivity contribution in [2.24, 2.45) is 50.7 Å². The minimum Gasteiger partial charge on any atom is -0.394 e. The Bertz CT molecular complexity index is 1460. The van der Waals surface area contributed by atoms with Crippen molar-refractivity contribution >= 4 is 0 Å². The maximum Gasteiger partial charge on any atom is 0.187 e. The molecule has 8 fully saturated rings. The van der Waals surface area contributed by atoms with Crippen LogP contribution in [0.2, 0.25) is 0 Å². The molecule has 5 aliphatic carbocycles. The number of hydrogen-bond acceptors (Lipinski definition) is 14. The lowest BCUT2D eigenvalue weighted by Gasteiger charge is -2.63. The first-order chi connectivity index (χ1) is 26.1. The van der Waals surface area contributed by atoms with E-state index in [-0.39, 0.29) is 51.1 Å². The molecule has 3 heterocycles. The number of ether oxygens (including phenoxy) is 5. The molecule has 22 atom stereocenters.